The highest BCUT2D eigenvalue weighted by Gasteiger charge is 2.35. The van der Waals surface area contributed by atoms with Gasteiger partial charge < -0.3 is 4.90 Å². The number of anilines is 1. The smallest absolute Gasteiger partial charge is 0.369 e. The predicted octanol–water partition coefficient (Wildman–Crippen LogP) is 3.52. The van der Waals surface area contributed by atoms with E-state index in [2.05, 4.69) is 4.90 Å². The Morgan fingerprint density at radius 3 is 2.62 bits per heavy atom. The zero-order valence-electron chi connectivity index (χ0n) is 11.7. The molecule has 2 nitrogen and oxygen atoms in total. The molecular formula is C15H18F4N2. The molecule has 2 heterocycles. The molecular weight excluding hydrogens is 284 g/mol. The number of alkyl halides is 3. The van der Waals surface area contributed by atoms with Crippen molar-refractivity contribution in [3.8, 4) is 0 Å². The van der Waals surface area contributed by atoms with Crippen molar-refractivity contribution in [1.82, 2.24) is 4.90 Å². The van der Waals surface area contributed by atoms with Gasteiger partial charge in [0.15, 0.2) is 0 Å². The lowest BCUT2D eigenvalue weighted by Gasteiger charge is -2.45. The molecule has 116 valence electrons. The van der Waals surface area contributed by atoms with Crippen molar-refractivity contribution >= 4 is 5.69 Å². The Labute approximate surface area is 121 Å². The van der Waals surface area contributed by atoms with Crippen LogP contribution in [0.5, 0.6) is 0 Å². The van der Waals surface area contributed by atoms with E-state index in [0.29, 0.717) is 18.3 Å². The number of nitrogens with zero attached hydrogens (tertiary/aromatic N) is 2. The Morgan fingerprint density at radius 2 is 1.86 bits per heavy atom. The number of hydrogen-bond acceptors (Lipinski definition) is 2. The van der Waals surface area contributed by atoms with Gasteiger partial charge in [-0.3, -0.25) is 4.90 Å². The fourth-order valence-corrected chi connectivity index (χ4v) is 3.32. The lowest BCUT2D eigenvalue weighted by Crippen LogP contribution is -2.54. The monoisotopic (exact) mass is 302 g/mol. The van der Waals surface area contributed by atoms with E-state index in [1.165, 1.54) is 18.9 Å². The quantitative estimate of drug-likeness (QED) is 0.732. The van der Waals surface area contributed by atoms with E-state index in [1.807, 2.05) is 4.90 Å². The van der Waals surface area contributed by atoms with Crippen molar-refractivity contribution in [2.24, 2.45) is 0 Å². The van der Waals surface area contributed by atoms with Gasteiger partial charge in [0.2, 0.25) is 0 Å². The molecule has 0 N–H and O–H groups in total. The van der Waals surface area contributed by atoms with Gasteiger partial charge in [-0.1, -0.05) is 6.42 Å². The first-order valence-electron chi connectivity index (χ1n) is 7.31. The van der Waals surface area contributed by atoms with Gasteiger partial charge >= 0.3 is 6.18 Å². The molecule has 6 heteroatoms. The van der Waals surface area contributed by atoms with Crippen LogP contribution in [0.3, 0.4) is 0 Å². The highest BCUT2D eigenvalue weighted by molar-refractivity contribution is 5.50. The van der Waals surface area contributed by atoms with Gasteiger partial charge in [-0.25, -0.2) is 4.39 Å². The lowest BCUT2D eigenvalue weighted by molar-refractivity contribution is -0.139. The second-order valence-corrected chi connectivity index (χ2v) is 5.79. The minimum Gasteiger partial charge on any atom is -0.369 e. The Kier molecular flexibility index (Phi) is 3.82. The molecule has 2 aliphatic heterocycles. The zero-order valence-corrected chi connectivity index (χ0v) is 11.7. The normalized spacial score (nSPS) is 24.0. The average Bonchev–Trinajstić information content (AvgIpc) is 2.46. The SMILES string of the molecule is Fc1ccc(N2CCN3CCCCC3C2)cc1C(F)(F)F. The molecule has 2 saturated heterocycles. The van der Waals surface area contributed by atoms with E-state index in [-0.39, 0.29) is 0 Å². The minimum atomic E-state index is -4.65. The van der Waals surface area contributed by atoms with Crippen LogP contribution >= 0.6 is 0 Å². The van der Waals surface area contributed by atoms with Crippen molar-refractivity contribution in [1.29, 1.82) is 0 Å². The maximum Gasteiger partial charge on any atom is 0.419 e. The largest absolute Gasteiger partial charge is 0.419 e. The average molecular weight is 302 g/mol. The summed E-state index contributed by atoms with van der Waals surface area (Å²) in [6, 6.07) is 3.72. The van der Waals surface area contributed by atoms with Gasteiger partial charge in [0.25, 0.3) is 0 Å². The second kappa shape index (κ2) is 5.48. The zero-order chi connectivity index (χ0) is 15.0. The summed E-state index contributed by atoms with van der Waals surface area (Å²) in [4.78, 5) is 4.36. The highest BCUT2D eigenvalue weighted by Crippen LogP contribution is 2.34. The molecule has 0 saturated carbocycles. The Hall–Kier alpha value is -1.30. The summed E-state index contributed by atoms with van der Waals surface area (Å²) >= 11 is 0. The van der Waals surface area contributed by atoms with Crippen LogP contribution in [0.1, 0.15) is 24.8 Å². The number of piperidine rings is 1. The third kappa shape index (κ3) is 3.00. The molecule has 0 radical (unpaired) electrons. The topological polar surface area (TPSA) is 6.48 Å². The summed E-state index contributed by atoms with van der Waals surface area (Å²) in [5, 5.41) is 0. The van der Waals surface area contributed by atoms with Crippen molar-refractivity contribution in [2.75, 3.05) is 31.1 Å². The molecule has 0 amide bonds. The summed E-state index contributed by atoms with van der Waals surface area (Å²) in [6.45, 7) is 3.36. The van der Waals surface area contributed by atoms with Gasteiger partial charge in [-0.15, -0.1) is 0 Å². The molecule has 1 atom stereocenters. The van der Waals surface area contributed by atoms with Gasteiger partial charge in [-0.05, 0) is 37.6 Å². The number of benzene rings is 1. The number of hydrogen-bond donors (Lipinski definition) is 0. The van der Waals surface area contributed by atoms with Crippen LogP contribution in [0.4, 0.5) is 23.2 Å². The number of piperazine rings is 1. The third-order valence-electron chi connectivity index (χ3n) is 4.46. The van der Waals surface area contributed by atoms with Crippen LogP contribution in [0.2, 0.25) is 0 Å². The molecule has 21 heavy (non-hydrogen) atoms. The molecule has 3 rings (SSSR count). The van der Waals surface area contributed by atoms with Crippen LogP contribution in [0.15, 0.2) is 18.2 Å². The van der Waals surface area contributed by atoms with Crippen molar-refractivity contribution in [3.05, 3.63) is 29.6 Å². The number of rotatable bonds is 1. The maximum absolute atomic E-state index is 13.4. The van der Waals surface area contributed by atoms with E-state index in [1.54, 1.807) is 0 Å². The molecule has 0 spiro atoms. The van der Waals surface area contributed by atoms with Gasteiger partial charge in [0.1, 0.15) is 5.82 Å². The van der Waals surface area contributed by atoms with Crippen LogP contribution in [0, 0.1) is 5.82 Å². The summed E-state index contributed by atoms with van der Waals surface area (Å²) in [5.41, 5.74) is -0.708. The molecule has 2 fully saturated rings. The van der Waals surface area contributed by atoms with Gasteiger partial charge in [0, 0.05) is 31.4 Å². The molecule has 2 aliphatic rings. The maximum atomic E-state index is 13.4. The molecule has 0 bridgehead atoms. The van der Waals surface area contributed by atoms with Crippen molar-refractivity contribution < 1.29 is 17.6 Å². The van der Waals surface area contributed by atoms with Crippen LogP contribution in [-0.2, 0) is 6.18 Å². The van der Waals surface area contributed by atoms with E-state index in [9.17, 15) is 17.6 Å². The molecule has 1 aromatic carbocycles. The molecule has 0 aliphatic carbocycles. The summed E-state index contributed by atoms with van der Waals surface area (Å²) in [5.74, 6) is -1.21. The Morgan fingerprint density at radius 1 is 1.05 bits per heavy atom. The molecule has 0 aromatic heterocycles. The van der Waals surface area contributed by atoms with Gasteiger partial charge in [-0.2, -0.15) is 13.2 Å². The first kappa shape index (κ1) is 14.6. The third-order valence-corrected chi connectivity index (χ3v) is 4.46. The highest BCUT2D eigenvalue weighted by atomic mass is 19.4. The summed E-state index contributed by atoms with van der Waals surface area (Å²) in [7, 11) is 0. The fourth-order valence-electron chi connectivity index (χ4n) is 3.32. The van der Waals surface area contributed by atoms with Crippen LogP contribution in [-0.4, -0.2) is 37.1 Å². The first-order chi connectivity index (χ1) is 9.95. The standard InChI is InChI=1S/C15H18F4N2/c16-14-5-4-11(9-13(14)15(17,18)19)21-8-7-20-6-2-1-3-12(20)10-21/h4-5,9,12H,1-3,6-8,10H2. The lowest BCUT2D eigenvalue weighted by atomic mass is 9.99. The van der Waals surface area contributed by atoms with E-state index in [0.717, 1.165) is 38.2 Å². The first-order valence-corrected chi connectivity index (χ1v) is 7.31. The van der Waals surface area contributed by atoms with E-state index < -0.39 is 17.6 Å². The van der Waals surface area contributed by atoms with Crippen molar-refractivity contribution in [2.45, 2.75) is 31.5 Å². The summed E-state index contributed by atoms with van der Waals surface area (Å²) in [6.07, 6.45) is -1.19. The van der Waals surface area contributed by atoms with E-state index in [4.69, 9.17) is 0 Å². The Bertz CT molecular complexity index is 515. The molecule has 1 aromatic rings. The number of halogens is 4. The summed E-state index contributed by atoms with van der Waals surface area (Å²) < 4.78 is 51.7. The van der Waals surface area contributed by atoms with Crippen LogP contribution in [0.25, 0.3) is 0 Å². The predicted molar refractivity (Wildman–Crippen MR) is 72.8 cm³/mol. The Balaban J connectivity index is 1.81. The second-order valence-electron chi connectivity index (χ2n) is 5.79. The molecule has 1 unspecified atom stereocenters. The van der Waals surface area contributed by atoms with E-state index >= 15 is 0 Å². The van der Waals surface area contributed by atoms with Gasteiger partial charge in [0.05, 0.1) is 5.56 Å². The van der Waals surface area contributed by atoms with Crippen LogP contribution < -0.4 is 4.90 Å². The van der Waals surface area contributed by atoms with Crippen molar-refractivity contribution in [3.63, 3.8) is 0 Å². The number of fused-ring (bicyclic) bond motifs is 1. The fraction of sp³-hybridized carbons (Fsp3) is 0.600. The minimum absolute atomic E-state index is 0.409.